The Bertz CT molecular complexity index is 1380. The van der Waals surface area contributed by atoms with Crippen LogP contribution in [0.15, 0.2) is 42.7 Å². The number of fused-ring (bicyclic) bond motifs is 1. The molecule has 8 nitrogen and oxygen atoms in total. The fourth-order valence-electron chi connectivity index (χ4n) is 3.68. The zero-order chi connectivity index (χ0) is 26.4. The number of carbonyl (C=O) groups is 3. The molecule has 36 heavy (non-hydrogen) atoms. The molecule has 0 radical (unpaired) electrons. The molecule has 0 atom stereocenters. The van der Waals surface area contributed by atoms with Crippen LogP contribution in [-0.4, -0.2) is 49.6 Å². The van der Waals surface area contributed by atoms with Crippen LogP contribution in [0.4, 0.5) is 22.4 Å². The van der Waals surface area contributed by atoms with E-state index in [0.717, 1.165) is 4.90 Å². The molecule has 0 N–H and O–H groups in total. The quantitative estimate of drug-likeness (QED) is 0.383. The lowest BCUT2D eigenvalue weighted by molar-refractivity contribution is -0.137. The van der Waals surface area contributed by atoms with Gasteiger partial charge in [-0.2, -0.15) is 18.3 Å². The third-order valence-corrected chi connectivity index (χ3v) is 5.24. The van der Waals surface area contributed by atoms with Crippen LogP contribution in [0, 0.1) is 5.82 Å². The van der Waals surface area contributed by atoms with E-state index in [0.29, 0.717) is 29.6 Å². The van der Waals surface area contributed by atoms with E-state index in [1.165, 1.54) is 29.2 Å². The molecule has 188 valence electrons. The minimum atomic E-state index is -4.83. The molecule has 0 spiro atoms. The number of ketones is 1. The predicted molar refractivity (Wildman–Crippen MR) is 117 cm³/mol. The third kappa shape index (κ3) is 4.97. The summed E-state index contributed by atoms with van der Waals surface area (Å²) in [6, 6.07) is 4.32. The molecule has 12 heteroatoms. The van der Waals surface area contributed by atoms with Crippen LogP contribution in [0.3, 0.4) is 0 Å². The molecular weight excluding hydrogens is 484 g/mol. The molecule has 2 amide bonds. The molecular formula is C24H20F4N4O4. The van der Waals surface area contributed by atoms with Crippen LogP contribution in [0.1, 0.15) is 58.4 Å². The van der Waals surface area contributed by atoms with Crippen molar-refractivity contribution >= 4 is 17.8 Å². The molecule has 0 saturated carbocycles. The highest BCUT2D eigenvalue weighted by Crippen LogP contribution is 2.31. The Morgan fingerprint density at radius 3 is 2.47 bits per heavy atom. The van der Waals surface area contributed by atoms with E-state index in [9.17, 15) is 31.9 Å². The van der Waals surface area contributed by atoms with Crippen molar-refractivity contribution in [2.75, 3.05) is 6.54 Å². The van der Waals surface area contributed by atoms with Gasteiger partial charge in [-0.25, -0.2) is 18.8 Å². The molecule has 0 aliphatic carbocycles. The lowest BCUT2D eigenvalue weighted by atomic mass is 10.0. The Kier molecular flexibility index (Phi) is 6.15. The number of carbonyl (C=O) groups excluding carboxylic acids is 3. The fourth-order valence-corrected chi connectivity index (χ4v) is 3.68. The van der Waals surface area contributed by atoms with Crippen molar-refractivity contribution in [1.29, 1.82) is 0 Å². The summed E-state index contributed by atoms with van der Waals surface area (Å²) >= 11 is 0. The van der Waals surface area contributed by atoms with Crippen LogP contribution in [-0.2, 0) is 17.3 Å². The second kappa shape index (κ2) is 8.85. The maximum Gasteiger partial charge on any atom is 0.417 e. The monoisotopic (exact) mass is 504 g/mol. The minimum Gasteiger partial charge on any atom is -0.443 e. The largest absolute Gasteiger partial charge is 0.443 e. The normalized spacial score (nSPS) is 14.0. The smallest absolute Gasteiger partial charge is 0.417 e. The van der Waals surface area contributed by atoms with E-state index in [1.54, 1.807) is 20.8 Å². The maximum atomic E-state index is 13.8. The van der Waals surface area contributed by atoms with E-state index >= 15 is 0 Å². The van der Waals surface area contributed by atoms with Gasteiger partial charge in [0.25, 0.3) is 5.91 Å². The number of amides is 2. The first-order valence-corrected chi connectivity index (χ1v) is 10.8. The van der Waals surface area contributed by atoms with Crippen LogP contribution in [0.25, 0.3) is 5.69 Å². The van der Waals surface area contributed by atoms with Crippen molar-refractivity contribution in [1.82, 2.24) is 19.7 Å². The number of hydrogen-bond donors (Lipinski definition) is 0. The predicted octanol–water partition coefficient (Wildman–Crippen LogP) is 4.59. The van der Waals surface area contributed by atoms with Gasteiger partial charge in [0.05, 0.1) is 28.7 Å². The van der Waals surface area contributed by atoms with Crippen molar-refractivity contribution in [2.45, 2.75) is 39.0 Å². The molecule has 2 aromatic heterocycles. The van der Waals surface area contributed by atoms with E-state index < -0.39 is 46.5 Å². The summed E-state index contributed by atoms with van der Waals surface area (Å²) in [5, 5.41) is 4.19. The zero-order valence-corrected chi connectivity index (χ0v) is 19.4. The van der Waals surface area contributed by atoms with Gasteiger partial charge in [-0.1, -0.05) is 0 Å². The maximum absolute atomic E-state index is 13.8. The Balaban J connectivity index is 1.64. The average Bonchev–Trinajstić information content (AvgIpc) is 3.22. The molecule has 1 aromatic carbocycles. The lowest BCUT2D eigenvalue weighted by Crippen LogP contribution is -2.44. The van der Waals surface area contributed by atoms with Gasteiger partial charge in [-0.15, -0.1) is 0 Å². The van der Waals surface area contributed by atoms with Gasteiger partial charge in [-0.05, 0) is 51.1 Å². The van der Waals surface area contributed by atoms with Gasteiger partial charge in [0.2, 0.25) is 5.78 Å². The molecule has 1 aliphatic rings. The summed E-state index contributed by atoms with van der Waals surface area (Å²) in [5.74, 6) is -2.73. The van der Waals surface area contributed by atoms with E-state index in [2.05, 4.69) is 10.1 Å². The lowest BCUT2D eigenvalue weighted by Gasteiger charge is -2.28. The average molecular weight is 504 g/mol. The number of hydrogen-bond acceptors (Lipinski definition) is 6. The van der Waals surface area contributed by atoms with E-state index in [1.807, 2.05) is 0 Å². The number of ether oxygens (including phenoxy) is 1. The minimum absolute atomic E-state index is 0.0345. The number of benzene rings is 1. The van der Waals surface area contributed by atoms with Crippen molar-refractivity contribution in [3.63, 3.8) is 0 Å². The highest BCUT2D eigenvalue weighted by Gasteiger charge is 2.35. The van der Waals surface area contributed by atoms with Gasteiger partial charge in [0.15, 0.2) is 0 Å². The van der Waals surface area contributed by atoms with Gasteiger partial charge < -0.3 is 4.74 Å². The Morgan fingerprint density at radius 1 is 1.08 bits per heavy atom. The molecule has 1 aliphatic heterocycles. The molecule has 4 rings (SSSR count). The second-order valence-corrected chi connectivity index (χ2v) is 9.06. The molecule has 0 bridgehead atoms. The van der Waals surface area contributed by atoms with E-state index in [-0.39, 0.29) is 24.2 Å². The summed E-state index contributed by atoms with van der Waals surface area (Å²) in [6.45, 7) is 5.07. The zero-order valence-electron chi connectivity index (χ0n) is 19.4. The van der Waals surface area contributed by atoms with Crippen molar-refractivity contribution < 1.29 is 36.7 Å². The molecule has 0 saturated heterocycles. The fraction of sp³-hybridized carbons (Fsp3) is 0.292. The summed E-state index contributed by atoms with van der Waals surface area (Å²) < 4.78 is 59.6. The van der Waals surface area contributed by atoms with Crippen LogP contribution < -0.4 is 0 Å². The Hall–Kier alpha value is -4.09. The van der Waals surface area contributed by atoms with Gasteiger partial charge in [-0.3, -0.25) is 14.6 Å². The van der Waals surface area contributed by atoms with Crippen LogP contribution in [0.2, 0.25) is 0 Å². The van der Waals surface area contributed by atoms with Crippen molar-refractivity contribution in [2.24, 2.45) is 0 Å². The Morgan fingerprint density at radius 2 is 1.81 bits per heavy atom. The van der Waals surface area contributed by atoms with Gasteiger partial charge in [0.1, 0.15) is 17.1 Å². The first kappa shape index (κ1) is 25.0. The third-order valence-electron chi connectivity index (χ3n) is 5.24. The van der Waals surface area contributed by atoms with Crippen molar-refractivity contribution in [3.8, 4) is 5.69 Å². The highest BCUT2D eigenvalue weighted by molar-refractivity contribution is 6.08. The first-order chi connectivity index (χ1) is 16.7. The SMILES string of the molecule is CC(C)(C)OC(=O)N1CCc2c(cnn2-c2ccnc(C(=O)c3cc(F)cc(C(F)(F)F)c3)c2)C1=O. The number of aromatic nitrogens is 3. The van der Waals surface area contributed by atoms with Gasteiger partial charge in [0, 0.05) is 24.7 Å². The molecule has 3 heterocycles. The second-order valence-electron chi connectivity index (χ2n) is 9.06. The summed E-state index contributed by atoms with van der Waals surface area (Å²) in [4.78, 5) is 43.0. The number of rotatable bonds is 3. The topological polar surface area (TPSA) is 94.4 Å². The van der Waals surface area contributed by atoms with Crippen molar-refractivity contribution in [3.05, 3.63) is 76.6 Å². The number of halogens is 4. The summed E-state index contributed by atoms with van der Waals surface area (Å²) in [7, 11) is 0. The Labute approximate surface area is 202 Å². The summed E-state index contributed by atoms with van der Waals surface area (Å²) in [5.41, 5.74) is -1.90. The van der Waals surface area contributed by atoms with Crippen LogP contribution >= 0.6 is 0 Å². The van der Waals surface area contributed by atoms with Crippen LogP contribution in [0.5, 0.6) is 0 Å². The number of nitrogens with zero attached hydrogens (tertiary/aromatic N) is 4. The highest BCUT2D eigenvalue weighted by atomic mass is 19.4. The standard InChI is InChI=1S/C24H20F4N4O4/c1-23(2,3)36-22(35)31-7-5-19-17(21(31)34)12-30-32(19)16-4-6-29-18(11-16)20(33)13-8-14(24(26,27)28)10-15(25)9-13/h4,6,8-12H,5,7H2,1-3H3. The number of pyridine rings is 1. The number of alkyl halides is 3. The summed E-state index contributed by atoms with van der Waals surface area (Å²) in [6.07, 6.45) is -2.85. The molecule has 0 fully saturated rings. The molecule has 0 unspecified atom stereocenters. The van der Waals surface area contributed by atoms with Gasteiger partial charge >= 0.3 is 12.3 Å². The van der Waals surface area contributed by atoms with E-state index in [4.69, 9.17) is 4.74 Å². The molecule has 3 aromatic rings. The first-order valence-electron chi connectivity index (χ1n) is 10.8. The number of imide groups is 1.